The minimum atomic E-state index is -1.71. The second-order valence-corrected chi connectivity index (χ2v) is 6.32. The van der Waals surface area contributed by atoms with Crippen LogP contribution in [0, 0.1) is 22.9 Å². The first kappa shape index (κ1) is 18.6. The number of hydrogen-bond acceptors (Lipinski definition) is 4. The summed E-state index contributed by atoms with van der Waals surface area (Å²) >= 11 is 0. The molecular weight excluding hydrogens is 365 g/mol. The van der Waals surface area contributed by atoms with Crippen LogP contribution >= 0.6 is 0 Å². The minimum Gasteiger partial charge on any atom is -0.454 e. The Bertz CT molecular complexity index is 931. The Kier molecular flexibility index (Phi) is 4.69. The molecule has 0 spiro atoms. The molecule has 0 fully saturated rings. The summed E-state index contributed by atoms with van der Waals surface area (Å²) in [6, 6.07) is 6.24. The average molecular weight is 380 g/mol. The van der Waals surface area contributed by atoms with Crippen LogP contribution in [0.1, 0.15) is 13.8 Å². The molecule has 1 heterocycles. The summed E-state index contributed by atoms with van der Waals surface area (Å²) in [5, 5.41) is 4.65. The first-order valence-electron chi connectivity index (χ1n) is 7.86. The number of rotatable bonds is 4. The van der Waals surface area contributed by atoms with E-state index in [1.807, 2.05) is 0 Å². The Labute approximate surface area is 152 Å². The fraction of sp³-hybridized carbons (Fsp3) is 0.222. The summed E-state index contributed by atoms with van der Waals surface area (Å²) in [6.07, 6.45) is 0. The summed E-state index contributed by atoms with van der Waals surface area (Å²) in [5.41, 5.74) is -1.85. The topological polar surface area (TPSA) is 76.7 Å². The lowest BCUT2D eigenvalue weighted by molar-refractivity contribution is -0.135. The molecule has 6 nitrogen and oxygen atoms in total. The zero-order chi connectivity index (χ0) is 19.8. The van der Waals surface area contributed by atoms with Crippen molar-refractivity contribution < 1.29 is 32.2 Å². The molecule has 2 aromatic carbocycles. The highest BCUT2D eigenvalue weighted by Crippen LogP contribution is 2.34. The Morgan fingerprint density at radius 3 is 2.33 bits per heavy atom. The Morgan fingerprint density at radius 2 is 1.59 bits per heavy atom. The average Bonchev–Trinajstić information content (AvgIpc) is 3.09. The third kappa shape index (κ3) is 3.53. The molecule has 3 rings (SSSR count). The van der Waals surface area contributed by atoms with Crippen molar-refractivity contribution in [3.05, 3.63) is 47.8 Å². The molecule has 0 aliphatic carbocycles. The van der Waals surface area contributed by atoms with E-state index in [2.05, 4.69) is 10.6 Å². The van der Waals surface area contributed by atoms with E-state index in [0.717, 1.165) is 6.07 Å². The van der Waals surface area contributed by atoms with Gasteiger partial charge < -0.3 is 20.1 Å². The van der Waals surface area contributed by atoms with Gasteiger partial charge in [-0.1, -0.05) is 0 Å². The predicted molar refractivity (Wildman–Crippen MR) is 89.9 cm³/mol. The highest BCUT2D eigenvalue weighted by molar-refractivity contribution is 6.14. The van der Waals surface area contributed by atoms with E-state index >= 15 is 0 Å². The number of ether oxygens (including phenoxy) is 2. The Hall–Kier alpha value is -3.23. The van der Waals surface area contributed by atoms with Crippen molar-refractivity contribution in [2.75, 3.05) is 17.4 Å². The zero-order valence-corrected chi connectivity index (χ0v) is 14.4. The van der Waals surface area contributed by atoms with E-state index in [1.165, 1.54) is 19.9 Å². The van der Waals surface area contributed by atoms with Crippen molar-refractivity contribution in [2.45, 2.75) is 13.8 Å². The summed E-state index contributed by atoms with van der Waals surface area (Å²) in [4.78, 5) is 24.9. The van der Waals surface area contributed by atoms with Crippen LogP contribution in [-0.2, 0) is 9.59 Å². The van der Waals surface area contributed by atoms with Gasteiger partial charge in [-0.05, 0) is 38.1 Å². The highest BCUT2D eigenvalue weighted by Gasteiger charge is 2.37. The van der Waals surface area contributed by atoms with E-state index in [9.17, 15) is 22.8 Å². The van der Waals surface area contributed by atoms with E-state index in [4.69, 9.17) is 9.47 Å². The molecule has 0 saturated heterocycles. The summed E-state index contributed by atoms with van der Waals surface area (Å²) in [7, 11) is 0. The number of anilines is 2. The highest BCUT2D eigenvalue weighted by atomic mass is 19.2. The molecule has 142 valence electrons. The molecule has 0 aromatic heterocycles. The SMILES string of the molecule is CC(C)(C(=O)Nc1ccc2c(c1)OCO2)C(=O)Nc1ccc(F)c(F)c1F. The van der Waals surface area contributed by atoms with Gasteiger partial charge in [0, 0.05) is 11.8 Å². The van der Waals surface area contributed by atoms with Gasteiger partial charge in [0.2, 0.25) is 18.6 Å². The monoisotopic (exact) mass is 380 g/mol. The van der Waals surface area contributed by atoms with Crippen molar-refractivity contribution in [3.63, 3.8) is 0 Å². The lowest BCUT2D eigenvalue weighted by Gasteiger charge is -2.23. The maximum Gasteiger partial charge on any atom is 0.239 e. The fourth-order valence-corrected chi connectivity index (χ4v) is 2.27. The maximum absolute atomic E-state index is 13.7. The normalized spacial score (nSPS) is 12.6. The second kappa shape index (κ2) is 6.82. The van der Waals surface area contributed by atoms with Crippen LogP contribution in [0.2, 0.25) is 0 Å². The zero-order valence-electron chi connectivity index (χ0n) is 14.4. The van der Waals surface area contributed by atoms with Gasteiger partial charge in [0.05, 0.1) is 5.69 Å². The van der Waals surface area contributed by atoms with Crippen molar-refractivity contribution in [3.8, 4) is 11.5 Å². The lowest BCUT2D eigenvalue weighted by Crippen LogP contribution is -2.41. The molecule has 0 radical (unpaired) electrons. The maximum atomic E-state index is 13.7. The van der Waals surface area contributed by atoms with Gasteiger partial charge in [0.25, 0.3) is 0 Å². The van der Waals surface area contributed by atoms with Crippen molar-refractivity contribution in [2.24, 2.45) is 5.41 Å². The molecule has 0 atom stereocenters. The molecule has 9 heteroatoms. The first-order chi connectivity index (χ1) is 12.7. The van der Waals surface area contributed by atoms with Crippen molar-refractivity contribution >= 4 is 23.2 Å². The molecule has 2 N–H and O–H groups in total. The molecule has 27 heavy (non-hydrogen) atoms. The number of benzene rings is 2. The van der Waals surface area contributed by atoms with Gasteiger partial charge in [-0.25, -0.2) is 13.2 Å². The third-order valence-corrected chi connectivity index (χ3v) is 4.05. The summed E-state index contributed by atoms with van der Waals surface area (Å²) < 4.78 is 50.4. The lowest BCUT2D eigenvalue weighted by atomic mass is 9.90. The number of nitrogens with one attached hydrogen (secondary N) is 2. The van der Waals surface area contributed by atoms with Crippen molar-refractivity contribution in [1.82, 2.24) is 0 Å². The van der Waals surface area contributed by atoms with Crippen LogP contribution in [0.25, 0.3) is 0 Å². The van der Waals surface area contributed by atoms with Crippen LogP contribution in [0.5, 0.6) is 11.5 Å². The van der Waals surface area contributed by atoms with E-state index in [0.29, 0.717) is 23.3 Å². The summed E-state index contributed by atoms with van der Waals surface area (Å²) in [5.74, 6) is -5.26. The number of hydrogen-bond donors (Lipinski definition) is 2. The first-order valence-corrected chi connectivity index (χ1v) is 7.86. The third-order valence-electron chi connectivity index (χ3n) is 4.05. The van der Waals surface area contributed by atoms with E-state index in [-0.39, 0.29) is 6.79 Å². The largest absolute Gasteiger partial charge is 0.454 e. The van der Waals surface area contributed by atoms with Gasteiger partial charge in [0.1, 0.15) is 5.41 Å². The smallest absolute Gasteiger partial charge is 0.239 e. The second-order valence-electron chi connectivity index (χ2n) is 6.32. The molecule has 2 amide bonds. The van der Waals surface area contributed by atoms with Crippen LogP contribution in [0.15, 0.2) is 30.3 Å². The quantitative estimate of drug-likeness (QED) is 0.629. The number of fused-ring (bicyclic) bond motifs is 1. The number of amides is 2. The van der Waals surface area contributed by atoms with Gasteiger partial charge in [0.15, 0.2) is 29.0 Å². The number of carbonyl (C=O) groups is 2. The van der Waals surface area contributed by atoms with E-state index in [1.54, 1.807) is 12.1 Å². The fourth-order valence-electron chi connectivity index (χ4n) is 2.27. The molecule has 2 aromatic rings. The van der Waals surface area contributed by atoms with Gasteiger partial charge >= 0.3 is 0 Å². The van der Waals surface area contributed by atoms with Gasteiger partial charge in [-0.3, -0.25) is 9.59 Å². The van der Waals surface area contributed by atoms with Crippen LogP contribution in [-0.4, -0.2) is 18.6 Å². The minimum absolute atomic E-state index is 0.0699. The van der Waals surface area contributed by atoms with Crippen LogP contribution in [0.3, 0.4) is 0 Å². The molecule has 1 aliphatic heterocycles. The predicted octanol–water partition coefficient (Wildman–Crippen LogP) is 3.44. The van der Waals surface area contributed by atoms with Crippen LogP contribution in [0.4, 0.5) is 24.5 Å². The molecule has 1 aliphatic rings. The van der Waals surface area contributed by atoms with Crippen molar-refractivity contribution in [1.29, 1.82) is 0 Å². The van der Waals surface area contributed by atoms with Gasteiger partial charge in [-0.15, -0.1) is 0 Å². The van der Waals surface area contributed by atoms with Crippen LogP contribution < -0.4 is 20.1 Å². The number of halogens is 3. The summed E-state index contributed by atoms with van der Waals surface area (Å²) in [6.45, 7) is 2.69. The number of carbonyl (C=O) groups excluding carboxylic acids is 2. The van der Waals surface area contributed by atoms with Gasteiger partial charge in [-0.2, -0.15) is 0 Å². The molecular formula is C18H15F3N2O4. The molecule has 0 unspecified atom stereocenters. The molecule has 0 saturated carbocycles. The standard InChI is InChI=1S/C18H15F3N2O4/c1-18(2,17(25)23-11-5-4-10(19)14(20)15(11)21)16(24)22-9-3-6-12-13(7-9)27-8-26-12/h3-7H,8H2,1-2H3,(H,22,24)(H,23,25). The van der Waals surface area contributed by atoms with E-state index < -0.39 is 40.4 Å². The Morgan fingerprint density at radius 1 is 0.926 bits per heavy atom. The molecule has 0 bridgehead atoms. The Balaban J connectivity index is 1.73.